The molecule has 2 rings (SSSR count). The molecule has 7 heteroatoms. The fourth-order valence-electron chi connectivity index (χ4n) is 1.93. The normalized spacial score (nSPS) is 11.2. The van der Waals surface area contributed by atoms with Crippen LogP contribution in [0.3, 0.4) is 0 Å². The first-order chi connectivity index (χ1) is 9.81. The maximum absolute atomic E-state index is 11.6. The van der Waals surface area contributed by atoms with Gasteiger partial charge in [0.1, 0.15) is 10.6 Å². The number of nitrogens with one attached hydrogen (secondary N) is 1. The minimum absolute atomic E-state index is 0.0438. The zero-order valence-electron chi connectivity index (χ0n) is 11.8. The smallest absolute Gasteiger partial charge is 0.240 e. The molecule has 0 heterocycles. The van der Waals surface area contributed by atoms with Gasteiger partial charge in [0.05, 0.1) is 12.8 Å². The van der Waals surface area contributed by atoms with Crippen LogP contribution in [0.2, 0.25) is 0 Å². The van der Waals surface area contributed by atoms with E-state index in [4.69, 9.17) is 15.6 Å². The molecule has 0 aliphatic carbocycles. The molecule has 0 atom stereocenters. The van der Waals surface area contributed by atoms with Crippen LogP contribution in [0.4, 0.5) is 17.1 Å². The van der Waals surface area contributed by atoms with Crippen molar-refractivity contribution < 1.29 is 13.2 Å². The van der Waals surface area contributed by atoms with Gasteiger partial charge in [-0.25, -0.2) is 13.6 Å². The Balaban J connectivity index is 2.45. The van der Waals surface area contributed by atoms with E-state index in [-0.39, 0.29) is 4.90 Å². The van der Waals surface area contributed by atoms with Crippen molar-refractivity contribution in [2.45, 2.75) is 11.8 Å². The quantitative estimate of drug-likeness (QED) is 0.749. The van der Waals surface area contributed by atoms with Gasteiger partial charge in [0.25, 0.3) is 0 Å². The van der Waals surface area contributed by atoms with Gasteiger partial charge in [0, 0.05) is 11.4 Å². The highest BCUT2D eigenvalue weighted by atomic mass is 32.2. The average molecular weight is 307 g/mol. The highest BCUT2D eigenvalue weighted by Crippen LogP contribution is 2.29. The van der Waals surface area contributed by atoms with Crippen molar-refractivity contribution in [1.29, 1.82) is 0 Å². The maximum Gasteiger partial charge on any atom is 0.240 e. The summed E-state index contributed by atoms with van der Waals surface area (Å²) < 4.78 is 28.4. The Morgan fingerprint density at radius 3 is 2.33 bits per heavy atom. The van der Waals surface area contributed by atoms with Gasteiger partial charge < -0.3 is 15.8 Å². The van der Waals surface area contributed by atoms with Gasteiger partial charge in [-0.05, 0) is 48.9 Å². The third kappa shape index (κ3) is 3.45. The molecule has 0 aliphatic heterocycles. The van der Waals surface area contributed by atoms with Gasteiger partial charge in [0.2, 0.25) is 10.0 Å². The maximum atomic E-state index is 11.6. The summed E-state index contributed by atoms with van der Waals surface area (Å²) in [6.45, 7) is 1.89. The summed E-state index contributed by atoms with van der Waals surface area (Å²) in [5.74, 6) is 0.724. The molecule has 0 unspecified atom stereocenters. The van der Waals surface area contributed by atoms with Crippen molar-refractivity contribution in [2.24, 2.45) is 5.14 Å². The van der Waals surface area contributed by atoms with Gasteiger partial charge in [-0.1, -0.05) is 0 Å². The molecule has 6 nitrogen and oxygen atoms in total. The van der Waals surface area contributed by atoms with Crippen LogP contribution in [0.25, 0.3) is 0 Å². The molecule has 0 aliphatic rings. The number of ether oxygens (including phenoxy) is 1. The lowest BCUT2D eigenvalue weighted by Crippen LogP contribution is -2.14. The Morgan fingerprint density at radius 2 is 1.76 bits per heavy atom. The Hall–Kier alpha value is -2.25. The highest BCUT2D eigenvalue weighted by molar-refractivity contribution is 7.89. The van der Waals surface area contributed by atoms with Crippen molar-refractivity contribution in [3.05, 3.63) is 42.0 Å². The van der Waals surface area contributed by atoms with Crippen molar-refractivity contribution >= 4 is 27.1 Å². The van der Waals surface area contributed by atoms with Crippen molar-refractivity contribution in [2.75, 3.05) is 18.2 Å². The molecular weight excluding hydrogens is 290 g/mol. The van der Waals surface area contributed by atoms with Gasteiger partial charge >= 0.3 is 0 Å². The van der Waals surface area contributed by atoms with E-state index in [9.17, 15) is 8.42 Å². The second-order valence-corrected chi connectivity index (χ2v) is 6.14. The lowest BCUT2D eigenvalue weighted by atomic mass is 10.1. The number of benzene rings is 2. The van der Waals surface area contributed by atoms with E-state index in [0.29, 0.717) is 11.4 Å². The topological polar surface area (TPSA) is 107 Å². The molecule has 2 aromatic carbocycles. The summed E-state index contributed by atoms with van der Waals surface area (Å²) in [4.78, 5) is -0.0438. The van der Waals surface area contributed by atoms with E-state index in [2.05, 4.69) is 5.32 Å². The van der Waals surface area contributed by atoms with Crippen LogP contribution in [0, 0.1) is 6.92 Å². The third-order valence-corrected chi connectivity index (χ3v) is 3.97. The number of methoxy groups -OCH3 is 1. The monoisotopic (exact) mass is 307 g/mol. The summed E-state index contributed by atoms with van der Waals surface area (Å²) in [7, 11) is -2.28. The second-order valence-electron chi connectivity index (χ2n) is 4.61. The Kier molecular flexibility index (Phi) is 4.06. The van der Waals surface area contributed by atoms with Gasteiger partial charge in [-0.15, -0.1) is 0 Å². The Labute approximate surface area is 123 Å². The zero-order valence-corrected chi connectivity index (χ0v) is 12.6. The zero-order chi connectivity index (χ0) is 15.6. The lowest BCUT2D eigenvalue weighted by Gasteiger charge is -2.14. The molecule has 0 spiro atoms. The number of nitrogens with two attached hydrogens (primary N) is 2. The lowest BCUT2D eigenvalue weighted by molar-refractivity contribution is 0.414. The molecule has 2 aromatic rings. The van der Waals surface area contributed by atoms with Gasteiger partial charge in [0.15, 0.2) is 0 Å². The summed E-state index contributed by atoms with van der Waals surface area (Å²) in [5, 5.41) is 8.28. The number of aryl methyl sites for hydroxylation is 1. The molecule has 0 saturated carbocycles. The van der Waals surface area contributed by atoms with Crippen LogP contribution >= 0.6 is 0 Å². The van der Waals surface area contributed by atoms with Crippen molar-refractivity contribution in [3.8, 4) is 5.75 Å². The van der Waals surface area contributed by atoms with Crippen LogP contribution in [-0.4, -0.2) is 15.5 Å². The van der Waals surface area contributed by atoms with Gasteiger partial charge in [-0.2, -0.15) is 0 Å². The van der Waals surface area contributed by atoms with E-state index < -0.39 is 10.0 Å². The molecule has 21 heavy (non-hydrogen) atoms. The molecule has 0 radical (unpaired) electrons. The number of sulfonamides is 1. The van der Waals surface area contributed by atoms with Crippen LogP contribution in [0.1, 0.15) is 5.56 Å². The average Bonchev–Trinajstić information content (AvgIpc) is 2.41. The minimum Gasteiger partial charge on any atom is -0.497 e. The third-order valence-electron chi connectivity index (χ3n) is 3.02. The summed E-state index contributed by atoms with van der Waals surface area (Å²) in [5.41, 5.74) is 7.99. The summed E-state index contributed by atoms with van der Waals surface area (Å²) in [6.07, 6.45) is 0. The summed E-state index contributed by atoms with van der Waals surface area (Å²) in [6, 6.07) is 9.95. The minimum atomic E-state index is -3.87. The number of anilines is 3. The molecule has 0 fully saturated rings. The second kappa shape index (κ2) is 5.63. The van der Waals surface area contributed by atoms with Crippen LogP contribution < -0.4 is 20.9 Å². The Morgan fingerprint density at radius 1 is 1.10 bits per heavy atom. The van der Waals surface area contributed by atoms with E-state index in [1.165, 1.54) is 6.07 Å². The molecular formula is C14H17N3O3S. The van der Waals surface area contributed by atoms with E-state index in [0.717, 1.165) is 17.0 Å². The van der Waals surface area contributed by atoms with Crippen LogP contribution in [0.5, 0.6) is 5.75 Å². The van der Waals surface area contributed by atoms with Crippen molar-refractivity contribution in [1.82, 2.24) is 0 Å². The van der Waals surface area contributed by atoms with E-state index >= 15 is 0 Å². The first-order valence-corrected chi connectivity index (χ1v) is 7.70. The standard InChI is InChI=1S/C14H17N3O3S/c1-9-7-11(20-2)4-6-12(9)17-13-5-3-10(15)8-14(13)21(16,18)19/h3-8,17H,15H2,1-2H3,(H2,16,18,19). The fourth-order valence-corrected chi connectivity index (χ4v) is 2.65. The first-order valence-electron chi connectivity index (χ1n) is 6.15. The molecule has 0 saturated heterocycles. The van der Waals surface area contributed by atoms with Crippen LogP contribution in [-0.2, 0) is 10.0 Å². The van der Waals surface area contributed by atoms with Gasteiger partial charge in [-0.3, -0.25) is 0 Å². The van der Waals surface area contributed by atoms with Crippen LogP contribution in [0.15, 0.2) is 41.3 Å². The van der Waals surface area contributed by atoms with Crippen molar-refractivity contribution in [3.63, 3.8) is 0 Å². The fraction of sp³-hybridized carbons (Fsp3) is 0.143. The molecule has 0 aromatic heterocycles. The number of nitrogen functional groups attached to an aromatic ring is 1. The largest absolute Gasteiger partial charge is 0.497 e. The summed E-state index contributed by atoms with van der Waals surface area (Å²) >= 11 is 0. The van der Waals surface area contributed by atoms with E-state index in [1.54, 1.807) is 31.4 Å². The van der Waals surface area contributed by atoms with E-state index in [1.807, 2.05) is 13.0 Å². The predicted molar refractivity (Wildman–Crippen MR) is 83.2 cm³/mol. The molecule has 112 valence electrons. The number of rotatable bonds is 4. The number of hydrogen-bond donors (Lipinski definition) is 3. The molecule has 5 N–H and O–H groups in total. The number of hydrogen-bond acceptors (Lipinski definition) is 5. The number of primary sulfonamides is 1. The Bertz CT molecular complexity index is 773. The molecule has 0 bridgehead atoms. The molecule has 0 amide bonds. The predicted octanol–water partition coefficient (Wildman–Crippen LogP) is 1.98. The highest BCUT2D eigenvalue weighted by Gasteiger charge is 2.15. The first kappa shape index (κ1) is 15.1. The SMILES string of the molecule is COc1ccc(Nc2ccc(N)cc2S(N)(=O)=O)c(C)c1.